The highest BCUT2D eigenvalue weighted by Crippen LogP contribution is 2.58. The van der Waals surface area contributed by atoms with E-state index in [0.29, 0.717) is 10.8 Å². The summed E-state index contributed by atoms with van der Waals surface area (Å²) >= 11 is 0. The molecule has 6 atom stereocenters. The van der Waals surface area contributed by atoms with Gasteiger partial charge in [0.05, 0.1) is 12.5 Å². The number of hydrogen-bond acceptors (Lipinski definition) is 9. The van der Waals surface area contributed by atoms with Crippen molar-refractivity contribution in [2.24, 2.45) is 0 Å². The molecule has 2 aliphatic heterocycles. The summed E-state index contributed by atoms with van der Waals surface area (Å²) < 4.78 is 26.9. The molecule has 2 aromatic heterocycles. The van der Waals surface area contributed by atoms with E-state index in [1.54, 1.807) is 5.93 Å². The maximum absolute atomic E-state index is 11.5. The Morgan fingerprint density at radius 2 is 2.23 bits per heavy atom. The van der Waals surface area contributed by atoms with Gasteiger partial charge in [0.25, 0.3) is 0 Å². The minimum absolute atomic E-state index is 0.120. The van der Waals surface area contributed by atoms with Crippen molar-refractivity contribution in [3.05, 3.63) is 12.3 Å². The summed E-state index contributed by atoms with van der Waals surface area (Å²) in [6.45, 7) is -0.120. The third-order valence-corrected chi connectivity index (χ3v) is 6.77. The van der Waals surface area contributed by atoms with Gasteiger partial charge in [0.15, 0.2) is 5.82 Å². The molecule has 10 nitrogen and oxygen atoms in total. The van der Waals surface area contributed by atoms with Gasteiger partial charge in [0.2, 0.25) is 0 Å². The molecule has 0 amide bonds. The molecule has 12 heteroatoms. The Labute approximate surface area is 124 Å². The molecule has 6 unspecified atom stereocenters. The summed E-state index contributed by atoms with van der Waals surface area (Å²) in [5, 5.41) is 11.0. The number of aromatic nitrogens is 3. The smallest absolute Gasteiger partial charge is 0.387 e. The van der Waals surface area contributed by atoms with Crippen LogP contribution in [0.4, 0.5) is 5.82 Å². The summed E-state index contributed by atoms with van der Waals surface area (Å²) in [4.78, 5) is 21.6. The average Bonchev–Trinajstić information content (AvgIpc) is 3.01. The molecule has 4 N–H and O–H groups in total. The Kier molecular flexibility index (Phi) is 3.25. The number of nitrogen functional groups attached to an aromatic ring is 1. The van der Waals surface area contributed by atoms with Crippen LogP contribution in [0.5, 0.6) is 0 Å². The van der Waals surface area contributed by atoms with Gasteiger partial charge in [-0.15, -0.1) is 0 Å². The second kappa shape index (κ2) is 4.94. The lowest BCUT2D eigenvalue weighted by Gasteiger charge is -2.28. The fourth-order valence-corrected chi connectivity index (χ4v) is 5.70. The van der Waals surface area contributed by atoms with Gasteiger partial charge in [0.1, 0.15) is 41.2 Å². The normalized spacial score (nSPS) is 39.1. The van der Waals surface area contributed by atoms with Crippen LogP contribution in [0.2, 0.25) is 0 Å². The summed E-state index contributed by atoms with van der Waals surface area (Å²) in [7, 11) is -5.33. The molecule has 0 saturated carbocycles. The Hall–Kier alpha value is -1.12. The zero-order chi connectivity index (χ0) is 15.5. The van der Waals surface area contributed by atoms with Crippen molar-refractivity contribution < 1.29 is 28.3 Å². The number of phosphoric acid groups is 1. The number of nitrogens with zero attached hydrogens (tertiary/aromatic N) is 3. The van der Waals surface area contributed by atoms with Crippen LogP contribution in [0.1, 0.15) is 5.85 Å². The van der Waals surface area contributed by atoms with Gasteiger partial charge < -0.3 is 20.5 Å². The van der Waals surface area contributed by atoms with Crippen LogP contribution in [-0.4, -0.2) is 49.9 Å². The lowest BCUT2D eigenvalue weighted by atomic mass is 10.2. The molecule has 4 rings (SSSR count). The van der Waals surface area contributed by atoms with Crippen LogP contribution in [0.3, 0.4) is 0 Å². The number of rotatable bonds is 1. The zero-order valence-corrected chi connectivity index (χ0v) is 12.8. The minimum Gasteiger partial charge on any atom is -0.387 e. The Morgan fingerprint density at radius 1 is 1.41 bits per heavy atom. The van der Waals surface area contributed by atoms with E-state index in [9.17, 15) is 14.6 Å². The second-order valence-corrected chi connectivity index (χ2v) is 8.36. The number of aliphatic hydroxyl groups is 1. The number of hydrogen-bond donors (Lipinski definition) is 3. The van der Waals surface area contributed by atoms with Crippen LogP contribution in [0.25, 0.3) is 10.8 Å². The van der Waals surface area contributed by atoms with Crippen molar-refractivity contribution in [2.45, 2.75) is 24.2 Å². The maximum Gasteiger partial charge on any atom is 0.472 e. The van der Waals surface area contributed by atoms with Gasteiger partial charge in [-0.1, -0.05) is 0 Å². The SMILES string of the molecule is Nc1ncnc2c1ncp2C1OC2COP(=O)(O)OC2C1O. The van der Waals surface area contributed by atoms with Gasteiger partial charge in [-0.05, 0) is 7.53 Å². The Balaban J connectivity index is 1.71. The topological polar surface area (TPSA) is 150 Å². The van der Waals surface area contributed by atoms with E-state index in [1.165, 1.54) is 6.33 Å². The van der Waals surface area contributed by atoms with Crippen molar-refractivity contribution in [1.82, 2.24) is 15.0 Å². The first-order valence-electron chi connectivity index (χ1n) is 6.38. The fraction of sp³-hybridized carbons (Fsp3) is 0.500. The molecule has 2 aliphatic rings. The van der Waals surface area contributed by atoms with Crippen molar-refractivity contribution in [3.63, 3.8) is 0 Å². The van der Waals surface area contributed by atoms with E-state index in [4.69, 9.17) is 19.5 Å². The third-order valence-electron chi connectivity index (χ3n) is 3.63. The van der Waals surface area contributed by atoms with Gasteiger partial charge >= 0.3 is 7.82 Å². The van der Waals surface area contributed by atoms with Crippen molar-refractivity contribution in [1.29, 1.82) is 0 Å². The second-order valence-electron chi connectivity index (χ2n) is 4.97. The van der Waals surface area contributed by atoms with E-state index < -0.39 is 39.5 Å². The van der Waals surface area contributed by atoms with E-state index in [-0.39, 0.29) is 12.4 Å². The van der Waals surface area contributed by atoms with E-state index in [0.717, 1.165) is 0 Å². The molecule has 0 aromatic carbocycles. The number of aliphatic hydroxyl groups excluding tert-OH is 1. The lowest BCUT2D eigenvalue weighted by molar-refractivity contribution is -0.0508. The molecule has 2 saturated heterocycles. The monoisotopic (exact) mass is 346 g/mol. The third kappa shape index (κ3) is 2.16. The standard InChI is InChI=1S/C10H12N4O6P2/c11-8-5-9(13-2-12-8)21(3-14-5)10-6(15)7-4(19-10)1-18-22(16,17)20-7/h2-4,6-7,10,15H,1H2,(H,16,17)(H2,11,12,13). The molecule has 4 heterocycles. The molecule has 22 heavy (non-hydrogen) atoms. The number of anilines is 1. The number of nitrogens with two attached hydrogens (primary N) is 1. The molecule has 2 aromatic rings. The first-order valence-corrected chi connectivity index (χ1v) is 9.36. The average molecular weight is 346 g/mol. The van der Waals surface area contributed by atoms with Crippen LogP contribution in [-0.2, 0) is 18.3 Å². The maximum atomic E-state index is 11.5. The lowest BCUT2D eigenvalue weighted by Crippen LogP contribution is -2.38. The Bertz CT molecular complexity index is 784. The highest BCUT2D eigenvalue weighted by atomic mass is 31.2. The van der Waals surface area contributed by atoms with Crippen LogP contribution >= 0.6 is 15.4 Å². The van der Waals surface area contributed by atoms with Crippen LogP contribution in [0.15, 0.2) is 12.3 Å². The van der Waals surface area contributed by atoms with E-state index >= 15 is 0 Å². The molecule has 118 valence electrons. The van der Waals surface area contributed by atoms with E-state index in [1.807, 2.05) is 0 Å². The quantitative estimate of drug-likeness (QED) is 0.618. The van der Waals surface area contributed by atoms with Crippen LogP contribution in [0, 0.1) is 0 Å². The van der Waals surface area contributed by atoms with Crippen molar-refractivity contribution in [3.8, 4) is 0 Å². The Morgan fingerprint density at radius 3 is 3.05 bits per heavy atom. The van der Waals surface area contributed by atoms with Gasteiger partial charge in [-0.2, -0.15) is 0 Å². The summed E-state index contributed by atoms with van der Waals surface area (Å²) in [6.07, 6.45) is -1.30. The minimum atomic E-state index is -4.14. The number of fused-ring (bicyclic) bond motifs is 2. The first kappa shape index (κ1) is 14.5. The zero-order valence-electron chi connectivity index (χ0n) is 11.0. The van der Waals surface area contributed by atoms with E-state index in [2.05, 4.69) is 15.0 Å². The molecule has 0 radical (unpaired) electrons. The largest absolute Gasteiger partial charge is 0.472 e. The van der Waals surface area contributed by atoms with Crippen molar-refractivity contribution in [2.75, 3.05) is 12.3 Å². The predicted octanol–water partition coefficient (Wildman–Crippen LogP) is 0.368. The first-order chi connectivity index (χ1) is 10.5. The van der Waals surface area contributed by atoms with Gasteiger partial charge in [0, 0.05) is 0 Å². The highest BCUT2D eigenvalue weighted by molar-refractivity contribution is 7.54. The molecule has 0 bridgehead atoms. The molecule has 0 aliphatic carbocycles. The highest BCUT2D eigenvalue weighted by Gasteiger charge is 2.52. The summed E-state index contributed by atoms with van der Waals surface area (Å²) in [5.74, 6) is 1.23. The number of ether oxygens (including phenoxy) is 1. The van der Waals surface area contributed by atoms with Gasteiger partial charge in [-0.25, -0.2) is 19.5 Å². The molecular formula is C10H12N4O6P2. The summed E-state index contributed by atoms with van der Waals surface area (Å²) in [5.41, 5.74) is 6.22. The molecule has 0 spiro atoms. The fourth-order valence-electron chi connectivity index (χ4n) is 2.62. The molecular weight excluding hydrogens is 334 g/mol. The van der Waals surface area contributed by atoms with Crippen LogP contribution < -0.4 is 5.73 Å². The molecule has 2 fully saturated rings. The van der Waals surface area contributed by atoms with Crippen molar-refractivity contribution >= 4 is 31.9 Å². The summed E-state index contributed by atoms with van der Waals surface area (Å²) in [6, 6.07) is 0. The van der Waals surface area contributed by atoms with Gasteiger partial charge in [-0.3, -0.25) is 9.05 Å². The predicted molar refractivity (Wildman–Crippen MR) is 75.0 cm³/mol. The number of phosphoric ester groups is 1.